The summed E-state index contributed by atoms with van der Waals surface area (Å²) in [4.78, 5) is 37.7. The van der Waals surface area contributed by atoms with Gasteiger partial charge in [0.1, 0.15) is 19.8 Å². The van der Waals surface area contributed by atoms with Gasteiger partial charge in [0, 0.05) is 12.8 Å². The van der Waals surface area contributed by atoms with E-state index in [1.54, 1.807) is 0 Å². The predicted octanol–water partition coefficient (Wildman–Crippen LogP) is 16.6. The highest BCUT2D eigenvalue weighted by Crippen LogP contribution is 2.38. The molecule has 0 heterocycles. The van der Waals surface area contributed by atoms with Gasteiger partial charge in [0.2, 0.25) is 0 Å². The molecule has 0 spiro atoms. The Bertz CT molecular complexity index is 1230. The molecule has 0 radical (unpaired) electrons. The molecule has 2 unspecified atom stereocenters. The number of hydrogen-bond acceptors (Lipinski definition) is 8. The molecule has 394 valence electrons. The third-order valence-corrected chi connectivity index (χ3v) is 13.3. The Morgan fingerprint density at radius 3 is 1.22 bits per heavy atom. The number of carbonyl (C=O) groups excluding carboxylic acids is 2. The minimum Gasteiger partial charge on any atom is -0.756 e. The second-order valence-electron chi connectivity index (χ2n) is 20.3. The number of esters is 2. The fourth-order valence-corrected chi connectivity index (χ4v) is 8.70. The van der Waals surface area contributed by atoms with Gasteiger partial charge in [0.05, 0.1) is 27.7 Å². The first-order valence-corrected chi connectivity index (χ1v) is 29.7. The number of likely N-dealkylation sites (N-methyl/N-ethyl adjacent to an activating group) is 1. The molecule has 0 aromatic heterocycles. The molecule has 0 bridgehead atoms. The summed E-state index contributed by atoms with van der Waals surface area (Å²) in [5.41, 5.74) is 0. The van der Waals surface area contributed by atoms with Gasteiger partial charge in [-0.1, -0.05) is 217 Å². The zero-order chi connectivity index (χ0) is 49.2. The van der Waals surface area contributed by atoms with Crippen molar-refractivity contribution in [2.75, 3.05) is 47.5 Å². The van der Waals surface area contributed by atoms with E-state index in [0.29, 0.717) is 17.4 Å². The van der Waals surface area contributed by atoms with Crippen LogP contribution in [0.3, 0.4) is 0 Å². The van der Waals surface area contributed by atoms with Gasteiger partial charge in [-0.15, -0.1) is 0 Å². The number of carbonyl (C=O) groups is 2. The Hall–Kier alpha value is -1.77. The number of rotatable bonds is 52. The van der Waals surface area contributed by atoms with Crippen LogP contribution in [-0.2, 0) is 32.7 Å². The lowest BCUT2D eigenvalue weighted by Crippen LogP contribution is -2.37. The number of hydrogen-bond donors (Lipinski definition) is 0. The van der Waals surface area contributed by atoms with Crippen LogP contribution < -0.4 is 4.89 Å². The average Bonchev–Trinajstić information content (AvgIpc) is 3.29. The molecular formula is C57H108NO8P. The van der Waals surface area contributed by atoms with E-state index in [9.17, 15) is 19.0 Å². The largest absolute Gasteiger partial charge is 0.756 e. The van der Waals surface area contributed by atoms with Crippen LogP contribution in [-0.4, -0.2) is 70.0 Å². The van der Waals surface area contributed by atoms with Gasteiger partial charge in [-0.3, -0.25) is 14.2 Å². The molecule has 0 aromatic carbocycles. The van der Waals surface area contributed by atoms with E-state index in [0.717, 1.165) is 57.8 Å². The molecule has 0 aliphatic rings. The second kappa shape index (κ2) is 49.2. The summed E-state index contributed by atoms with van der Waals surface area (Å²) in [5.74, 6) is -0.835. The first-order chi connectivity index (χ1) is 32.5. The molecule has 0 amide bonds. The molecule has 0 N–H and O–H groups in total. The van der Waals surface area contributed by atoms with Gasteiger partial charge in [-0.2, -0.15) is 0 Å². The van der Waals surface area contributed by atoms with Crippen molar-refractivity contribution in [1.29, 1.82) is 0 Å². The fourth-order valence-electron chi connectivity index (χ4n) is 7.98. The van der Waals surface area contributed by atoms with Crippen molar-refractivity contribution in [3.63, 3.8) is 0 Å². The molecule has 67 heavy (non-hydrogen) atoms. The monoisotopic (exact) mass is 966 g/mol. The third kappa shape index (κ3) is 53.4. The Morgan fingerprint density at radius 1 is 0.463 bits per heavy atom. The molecule has 0 aromatic rings. The number of phosphoric acid groups is 1. The summed E-state index contributed by atoms with van der Waals surface area (Å²) in [7, 11) is 1.17. The molecule has 0 aliphatic heterocycles. The quantitative estimate of drug-likeness (QED) is 0.0195. The van der Waals surface area contributed by atoms with E-state index in [-0.39, 0.29) is 32.0 Å². The number of phosphoric ester groups is 1. The summed E-state index contributed by atoms with van der Waals surface area (Å²) < 4.78 is 34.0. The maximum absolute atomic E-state index is 12.8. The number of unbranched alkanes of at least 4 members (excludes halogenated alkanes) is 32. The third-order valence-electron chi connectivity index (χ3n) is 12.4. The summed E-state index contributed by atoms with van der Waals surface area (Å²) >= 11 is 0. The summed E-state index contributed by atoms with van der Waals surface area (Å²) in [6.07, 6.45) is 59.2. The zero-order valence-electron chi connectivity index (χ0n) is 44.6. The van der Waals surface area contributed by atoms with Gasteiger partial charge in [-0.05, 0) is 70.6 Å². The molecule has 10 heteroatoms. The number of nitrogens with zero attached hydrogens (tertiary/aromatic N) is 1. The summed E-state index contributed by atoms with van der Waals surface area (Å²) in [6.45, 7) is 4.21. The Kier molecular flexibility index (Phi) is 47.9. The van der Waals surface area contributed by atoms with Crippen LogP contribution in [0, 0.1) is 0 Å². The zero-order valence-corrected chi connectivity index (χ0v) is 45.5. The molecule has 0 aliphatic carbocycles. The SMILES string of the molecule is CCCCC/C=C\CCCCCCCC(=O)OCC(COP(=O)([O-])OCC[N+](C)(C)C)OC(=O)CCCCCCCCCCCCCCCCCCCCC/C=C\C/C=C\CCCCCCC. The van der Waals surface area contributed by atoms with Crippen molar-refractivity contribution in [2.45, 2.75) is 270 Å². The summed E-state index contributed by atoms with van der Waals surface area (Å²) in [5, 5.41) is 0. The first-order valence-electron chi connectivity index (χ1n) is 28.2. The maximum Gasteiger partial charge on any atom is 0.306 e. The van der Waals surface area contributed by atoms with Crippen LogP contribution in [0.2, 0.25) is 0 Å². The smallest absolute Gasteiger partial charge is 0.306 e. The van der Waals surface area contributed by atoms with E-state index in [1.807, 2.05) is 21.1 Å². The van der Waals surface area contributed by atoms with Crippen molar-refractivity contribution >= 4 is 19.8 Å². The van der Waals surface area contributed by atoms with Crippen molar-refractivity contribution in [3.8, 4) is 0 Å². The summed E-state index contributed by atoms with van der Waals surface area (Å²) in [6, 6.07) is 0. The van der Waals surface area contributed by atoms with E-state index in [2.05, 4.69) is 50.3 Å². The Morgan fingerprint density at radius 2 is 0.806 bits per heavy atom. The van der Waals surface area contributed by atoms with Gasteiger partial charge < -0.3 is 27.9 Å². The number of quaternary nitrogens is 1. The normalized spacial score (nSPS) is 13.6. The van der Waals surface area contributed by atoms with Crippen molar-refractivity contribution < 1.29 is 42.1 Å². The Balaban J connectivity index is 4.01. The van der Waals surface area contributed by atoms with Gasteiger partial charge in [0.25, 0.3) is 7.82 Å². The average molecular weight is 966 g/mol. The lowest BCUT2D eigenvalue weighted by Gasteiger charge is -2.28. The van der Waals surface area contributed by atoms with E-state index in [1.165, 1.54) is 173 Å². The van der Waals surface area contributed by atoms with Crippen molar-refractivity contribution in [1.82, 2.24) is 0 Å². The molecule has 2 atom stereocenters. The van der Waals surface area contributed by atoms with Crippen LogP contribution in [0.25, 0.3) is 0 Å². The fraction of sp³-hybridized carbons (Fsp3) is 0.860. The molecule has 0 rings (SSSR count). The van der Waals surface area contributed by atoms with E-state index < -0.39 is 26.5 Å². The van der Waals surface area contributed by atoms with E-state index in [4.69, 9.17) is 18.5 Å². The lowest BCUT2D eigenvalue weighted by molar-refractivity contribution is -0.870. The van der Waals surface area contributed by atoms with Gasteiger partial charge in [-0.25, -0.2) is 0 Å². The highest BCUT2D eigenvalue weighted by molar-refractivity contribution is 7.45. The van der Waals surface area contributed by atoms with Gasteiger partial charge >= 0.3 is 11.9 Å². The maximum atomic E-state index is 12.8. The van der Waals surface area contributed by atoms with Crippen LogP contribution in [0.15, 0.2) is 36.5 Å². The minimum atomic E-state index is -4.63. The minimum absolute atomic E-state index is 0.0306. The van der Waals surface area contributed by atoms with Crippen LogP contribution in [0.1, 0.15) is 264 Å². The van der Waals surface area contributed by atoms with Crippen LogP contribution in [0.4, 0.5) is 0 Å². The second-order valence-corrected chi connectivity index (χ2v) is 21.7. The first kappa shape index (κ1) is 65.2. The molecule has 0 saturated carbocycles. The number of allylic oxidation sites excluding steroid dienone is 6. The highest BCUT2D eigenvalue weighted by atomic mass is 31.2. The number of ether oxygens (including phenoxy) is 2. The molecule has 0 saturated heterocycles. The lowest BCUT2D eigenvalue weighted by atomic mass is 10.0. The van der Waals surface area contributed by atoms with Crippen LogP contribution >= 0.6 is 7.82 Å². The molecule has 0 fully saturated rings. The molecule has 9 nitrogen and oxygen atoms in total. The van der Waals surface area contributed by atoms with Gasteiger partial charge in [0.15, 0.2) is 6.10 Å². The topological polar surface area (TPSA) is 111 Å². The van der Waals surface area contributed by atoms with Crippen LogP contribution in [0.5, 0.6) is 0 Å². The standard InChI is InChI=1S/C57H108NO8P/c1-6-8-10-12-14-16-18-20-21-22-23-24-25-26-27-28-29-30-31-32-33-34-35-36-37-38-40-42-44-46-48-50-57(60)66-55(54-65-67(61,62)64-52-51-58(3,4)5)53-63-56(59)49-47-45-43-41-39-19-17-15-13-11-9-7-2/h15,17-18,20,22-23,55H,6-14,16,19,21,24-54H2,1-5H3/b17-15-,20-18-,23-22-. The Labute approximate surface area is 414 Å². The highest BCUT2D eigenvalue weighted by Gasteiger charge is 2.21. The van der Waals surface area contributed by atoms with Crippen molar-refractivity contribution in [3.05, 3.63) is 36.5 Å². The van der Waals surface area contributed by atoms with E-state index >= 15 is 0 Å². The molecular weight excluding hydrogens is 858 g/mol. The predicted molar refractivity (Wildman–Crippen MR) is 282 cm³/mol. The van der Waals surface area contributed by atoms with Crippen molar-refractivity contribution in [2.24, 2.45) is 0 Å².